The van der Waals surface area contributed by atoms with E-state index in [4.69, 9.17) is 21.3 Å². The van der Waals surface area contributed by atoms with Crippen LogP contribution in [0.5, 0.6) is 0 Å². The van der Waals surface area contributed by atoms with E-state index in [1.54, 1.807) is 18.4 Å². The molecule has 2 rings (SSSR count). The predicted molar refractivity (Wildman–Crippen MR) is 81.6 cm³/mol. The molecule has 0 saturated carbocycles. The lowest BCUT2D eigenvalue weighted by Gasteiger charge is -2.25. The van der Waals surface area contributed by atoms with Crippen LogP contribution in [0.2, 0.25) is 0 Å². The third-order valence-electron chi connectivity index (χ3n) is 2.92. The van der Waals surface area contributed by atoms with E-state index >= 15 is 0 Å². The van der Waals surface area contributed by atoms with Crippen LogP contribution in [0.3, 0.4) is 0 Å². The number of aromatic nitrogens is 2. The molecule has 0 spiro atoms. The van der Waals surface area contributed by atoms with Crippen molar-refractivity contribution in [3.05, 3.63) is 17.3 Å². The molecule has 2 aromatic heterocycles. The molecular weight excluding hydrogens is 282 g/mol. The second-order valence-electron chi connectivity index (χ2n) is 4.90. The van der Waals surface area contributed by atoms with Gasteiger partial charge in [0.05, 0.1) is 18.2 Å². The average Bonchev–Trinajstić information content (AvgIpc) is 2.93. The first-order chi connectivity index (χ1) is 9.17. The topological polar surface area (TPSA) is 29.8 Å². The zero-order valence-electron chi connectivity index (χ0n) is 11.6. The lowest BCUT2D eigenvalue weighted by molar-refractivity contribution is 0.204. The first-order valence-corrected chi connectivity index (χ1v) is 7.83. The van der Waals surface area contributed by atoms with Gasteiger partial charge in [-0.15, -0.1) is 22.9 Å². The highest BCUT2D eigenvalue weighted by Crippen LogP contribution is 2.26. The summed E-state index contributed by atoms with van der Waals surface area (Å²) in [5, 5.41) is 2.03. The molecule has 106 valence electrons. The summed E-state index contributed by atoms with van der Waals surface area (Å²) in [5.74, 6) is 2.03. The maximum atomic E-state index is 6.11. The molecule has 2 aromatic rings. The number of alkyl halides is 1. The van der Waals surface area contributed by atoms with Gasteiger partial charge in [0.2, 0.25) is 0 Å². The highest BCUT2D eigenvalue weighted by molar-refractivity contribution is 7.15. The van der Waals surface area contributed by atoms with Crippen LogP contribution in [0.15, 0.2) is 11.6 Å². The fraction of sp³-hybridized carbons (Fsp3) is 0.615. The van der Waals surface area contributed by atoms with Crippen LogP contribution < -0.4 is 4.90 Å². The number of nitrogens with zero attached hydrogens (tertiary/aromatic N) is 3. The number of hydrogen-bond donors (Lipinski definition) is 0. The highest BCUT2D eigenvalue weighted by atomic mass is 35.5. The summed E-state index contributed by atoms with van der Waals surface area (Å²) in [6.07, 6.45) is 2.03. The third-order valence-corrected chi connectivity index (χ3v) is 3.93. The minimum absolute atomic E-state index is 0.467. The summed E-state index contributed by atoms with van der Waals surface area (Å²) in [6.45, 7) is 6.90. The van der Waals surface area contributed by atoms with Gasteiger partial charge in [-0.3, -0.25) is 4.40 Å². The minimum atomic E-state index is 0.467. The van der Waals surface area contributed by atoms with Crippen LogP contribution in [0, 0.1) is 5.92 Å². The van der Waals surface area contributed by atoms with Crippen molar-refractivity contribution < 1.29 is 4.74 Å². The van der Waals surface area contributed by atoms with Crippen molar-refractivity contribution in [3.63, 3.8) is 0 Å². The number of imidazole rings is 1. The number of ether oxygens (including phenoxy) is 1. The highest BCUT2D eigenvalue weighted by Gasteiger charge is 2.19. The number of rotatable bonds is 7. The van der Waals surface area contributed by atoms with Crippen molar-refractivity contribution in [1.29, 1.82) is 0 Å². The van der Waals surface area contributed by atoms with Crippen molar-refractivity contribution in [2.24, 2.45) is 5.92 Å². The van der Waals surface area contributed by atoms with Gasteiger partial charge in [-0.25, -0.2) is 4.98 Å². The molecule has 0 saturated heterocycles. The molecule has 0 N–H and O–H groups in total. The normalized spacial score (nSPS) is 11.6. The van der Waals surface area contributed by atoms with E-state index in [0.717, 1.165) is 29.6 Å². The van der Waals surface area contributed by atoms with Crippen molar-refractivity contribution in [2.45, 2.75) is 19.7 Å². The van der Waals surface area contributed by atoms with Gasteiger partial charge in [0, 0.05) is 31.8 Å². The van der Waals surface area contributed by atoms with E-state index in [9.17, 15) is 0 Å². The second-order valence-corrected chi connectivity index (χ2v) is 6.04. The Morgan fingerprint density at radius 2 is 2.32 bits per heavy atom. The molecule has 6 heteroatoms. The largest absolute Gasteiger partial charge is 0.383 e. The molecule has 0 aromatic carbocycles. The molecular formula is C13H20ClN3OS. The summed E-state index contributed by atoms with van der Waals surface area (Å²) >= 11 is 7.74. The van der Waals surface area contributed by atoms with Crippen molar-refractivity contribution >= 4 is 33.7 Å². The lowest BCUT2D eigenvalue weighted by atomic mass is 10.2. The van der Waals surface area contributed by atoms with Gasteiger partial charge < -0.3 is 9.64 Å². The number of halogens is 1. The van der Waals surface area contributed by atoms with Gasteiger partial charge >= 0.3 is 0 Å². The zero-order valence-corrected chi connectivity index (χ0v) is 13.2. The molecule has 0 amide bonds. The van der Waals surface area contributed by atoms with E-state index in [2.05, 4.69) is 23.1 Å². The third kappa shape index (κ3) is 3.22. The average molecular weight is 302 g/mol. The summed E-state index contributed by atoms with van der Waals surface area (Å²) in [7, 11) is 1.72. The van der Waals surface area contributed by atoms with Crippen LogP contribution in [0.4, 0.5) is 5.82 Å². The van der Waals surface area contributed by atoms with Gasteiger partial charge in [-0.05, 0) is 5.92 Å². The van der Waals surface area contributed by atoms with Crippen LogP contribution in [0.25, 0.3) is 4.96 Å². The van der Waals surface area contributed by atoms with Crippen LogP contribution in [0.1, 0.15) is 19.5 Å². The molecule has 0 bridgehead atoms. The SMILES string of the molecule is COCCN(CC(C)C)c1nc2sccn2c1CCl. The van der Waals surface area contributed by atoms with E-state index in [1.807, 2.05) is 11.6 Å². The Kier molecular flexibility index (Phi) is 5.07. The lowest BCUT2D eigenvalue weighted by Crippen LogP contribution is -2.32. The quantitative estimate of drug-likeness (QED) is 0.735. The Morgan fingerprint density at radius 3 is 2.95 bits per heavy atom. The van der Waals surface area contributed by atoms with Crippen molar-refractivity contribution in [3.8, 4) is 0 Å². The van der Waals surface area contributed by atoms with E-state index < -0.39 is 0 Å². The summed E-state index contributed by atoms with van der Waals surface area (Å²) in [5.41, 5.74) is 1.06. The number of fused-ring (bicyclic) bond motifs is 1. The maximum Gasteiger partial charge on any atom is 0.195 e. The molecule has 0 aliphatic heterocycles. The molecule has 0 fully saturated rings. The van der Waals surface area contributed by atoms with Gasteiger partial charge in [0.25, 0.3) is 0 Å². The van der Waals surface area contributed by atoms with E-state index in [-0.39, 0.29) is 0 Å². The molecule has 0 aliphatic rings. The Labute approximate surface area is 123 Å². The van der Waals surface area contributed by atoms with Crippen LogP contribution >= 0.6 is 22.9 Å². The molecule has 0 unspecified atom stereocenters. The Hall–Kier alpha value is -0.780. The van der Waals surface area contributed by atoms with Crippen LogP contribution in [-0.4, -0.2) is 36.2 Å². The molecule has 19 heavy (non-hydrogen) atoms. The monoisotopic (exact) mass is 301 g/mol. The molecule has 0 radical (unpaired) electrons. The first-order valence-electron chi connectivity index (χ1n) is 6.41. The first kappa shape index (κ1) is 14.6. The Balaban J connectivity index is 2.33. The molecule has 2 heterocycles. The number of anilines is 1. The van der Waals surface area contributed by atoms with Crippen LogP contribution in [-0.2, 0) is 10.6 Å². The molecule has 0 aliphatic carbocycles. The number of methoxy groups -OCH3 is 1. The Morgan fingerprint density at radius 1 is 1.53 bits per heavy atom. The summed E-state index contributed by atoms with van der Waals surface area (Å²) in [4.78, 5) is 7.98. The molecule has 0 atom stereocenters. The van der Waals surface area contributed by atoms with E-state index in [1.165, 1.54) is 0 Å². The maximum absolute atomic E-state index is 6.11. The fourth-order valence-electron chi connectivity index (χ4n) is 2.12. The van der Waals surface area contributed by atoms with Gasteiger partial charge in [-0.2, -0.15) is 0 Å². The zero-order chi connectivity index (χ0) is 13.8. The van der Waals surface area contributed by atoms with Gasteiger partial charge in [-0.1, -0.05) is 13.8 Å². The smallest absolute Gasteiger partial charge is 0.195 e. The molecule has 4 nitrogen and oxygen atoms in total. The number of thiazole rings is 1. The minimum Gasteiger partial charge on any atom is -0.383 e. The van der Waals surface area contributed by atoms with E-state index in [0.29, 0.717) is 18.4 Å². The summed E-state index contributed by atoms with van der Waals surface area (Å²) in [6, 6.07) is 0. The van der Waals surface area contributed by atoms with Crippen molar-refractivity contribution in [1.82, 2.24) is 9.38 Å². The Bertz CT molecular complexity index is 523. The number of hydrogen-bond acceptors (Lipinski definition) is 4. The predicted octanol–water partition coefficient (Wildman–Crippen LogP) is 3.24. The van der Waals surface area contributed by atoms with Gasteiger partial charge in [0.15, 0.2) is 10.8 Å². The summed E-state index contributed by atoms with van der Waals surface area (Å²) < 4.78 is 7.27. The standard InChI is InChI=1S/C13H20ClN3OS/c1-10(2)9-16(4-6-18-3)12-11(8-14)17-5-7-19-13(17)15-12/h5,7,10H,4,6,8-9H2,1-3H3. The van der Waals surface area contributed by atoms with Gasteiger partial charge in [0.1, 0.15) is 0 Å². The fourth-order valence-corrected chi connectivity index (χ4v) is 3.10. The van der Waals surface area contributed by atoms with Crippen molar-refractivity contribution in [2.75, 3.05) is 31.7 Å². The second kappa shape index (κ2) is 6.59.